The highest BCUT2D eigenvalue weighted by Crippen LogP contribution is 2.41. The Balaban J connectivity index is 2.40. The number of aryl methyl sites for hydroxylation is 2. The molecule has 0 heterocycles. The van der Waals surface area contributed by atoms with E-state index in [9.17, 15) is 9.90 Å². The maximum atomic E-state index is 11.9. The van der Waals surface area contributed by atoms with Crippen LogP contribution >= 0.6 is 11.8 Å². The van der Waals surface area contributed by atoms with Crippen molar-refractivity contribution in [2.24, 2.45) is 0 Å². The first-order valence-corrected chi connectivity index (χ1v) is 8.68. The van der Waals surface area contributed by atoms with Crippen LogP contribution in [0.15, 0.2) is 41.3 Å². The number of ether oxygens (including phenoxy) is 2. The summed E-state index contributed by atoms with van der Waals surface area (Å²) in [5.74, 6) is 0.0153. The van der Waals surface area contributed by atoms with Gasteiger partial charge in [0.2, 0.25) is 0 Å². The standard InChI is InChI=1S/C19H23NO4S/c1-11-9-15(20)16(10-12(11)2)25-18(17(21)19(22)24-4)13-5-7-14(23-3)8-6-13/h5-10,17-18,21H,20H2,1-4H3/t17-,18+/m0/s1. The summed E-state index contributed by atoms with van der Waals surface area (Å²) in [6.45, 7) is 3.99. The Morgan fingerprint density at radius 3 is 2.28 bits per heavy atom. The highest BCUT2D eigenvalue weighted by atomic mass is 32.2. The van der Waals surface area contributed by atoms with Gasteiger partial charge in [0, 0.05) is 10.6 Å². The average molecular weight is 361 g/mol. The molecule has 134 valence electrons. The molecule has 0 saturated carbocycles. The molecule has 2 rings (SSSR count). The lowest BCUT2D eigenvalue weighted by atomic mass is 10.1. The third-order valence-corrected chi connectivity index (χ3v) is 5.45. The molecular weight excluding hydrogens is 338 g/mol. The number of nitrogen functional groups attached to an aromatic ring is 1. The first-order chi connectivity index (χ1) is 11.9. The summed E-state index contributed by atoms with van der Waals surface area (Å²) in [6, 6.07) is 11.1. The number of aliphatic hydroxyl groups excluding tert-OH is 1. The molecule has 0 saturated heterocycles. The molecule has 0 aliphatic carbocycles. The second-order valence-corrected chi connectivity index (χ2v) is 6.94. The molecule has 0 fully saturated rings. The van der Waals surface area contributed by atoms with Gasteiger partial charge in [-0.25, -0.2) is 4.79 Å². The Labute approximate surface area is 152 Å². The van der Waals surface area contributed by atoms with E-state index >= 15 is 0 Å². The van der Waals surface area contributed by atoms with Crippen molar-refractivity contribution in [2.75, 3.05) is 20.0 Å². The molecule has 0 bridgehead atoms. The van der Waals surface area contributed by atoms with Gasteiger partial charge in [-0.1, -0.05) is 12.1 Å². The van der Waals surface area contributed by atoms with E-state index in [1.165, 1.54) is 18.9 Å². The van der Waals surface area contributed by atoms with Crippen LogP contribution in [0, 0.1) is 13.8 Å². The minimum Gasteiger partial charge on any atom is -0.497 e. The molecule has 25 heavy (non-hydrogen) atoms. The van der Waals surface area contributed by atoms with Gasteiger partial charge < -0.3 is 20.3 Å². The van der Waals surface area contributed by atoms with Gasteiger partial charge in [0.15, 0.2) is 6.10 Å². The number of rotatable bonds is 6. The van der Waals surface area contributed by atoms with Crippen molar-refractivity contribution in [1.82, 2.24) is 0 Å². The number of hydrogen-bond donors (Lipinski definition) is 2. The Bertz CT molecular complexity index is 746. The van der Waals surface area contributed by atoms with E-state index in [2.05, 4.69) is 0 Å². The van der Waals surface area contributed by atoms with Crippen LogP contribution in [0.4, 0.5) is 5.69 Å². The second kappa shape index (κ2) is 8.27. The Kier molecular flexibility index (Phi) is 6.33. The molecule has 0 amide bonds. The third kappa shape index (κ3) is 4.46. The van der Waals surface area contributed by atoms with Crippen LogP contribution < -0.4 is 10.5 Å². The van der Waals surface area contributed by atoms with Crippen molar-refractivity contribution in [3.05, 3.63) is 53.1 Å². The van der Waals surface area contributed by atoms with Crippen molar-refractivity contribution in [1.29, 1.82) is 0 Å². The normalized spacial score (nSPS) is 13.2. The molecule has 2 aromatic carbocycles. The number of nitrogens with two attached hydrogens (primary N) is 1. The summed E-state index contributed by atoms with van der Waals surface area (Å²) >= 11 is 1.34. The number of anilines is 1. The van der Waals surface area contributed by atoms with Gasteiger partial charge in [-0.3, -0.25) is 0 Å². The van der Waals surface area contributed by atoms with Gasteiger partial charge in [0.25, 0.3) is 0 Å². The molecule has 0 aliphatic heterocycles. The van der Waals surface area contributed by atoms with Crippen molar-refractivity contribution in [3.8, 4) is 5.75 Å². The van der Waals surface area contributed by atoms with E-state index in [-0.39, 0.29) is 0 Å². The highest BCUT2D eigenvalue weighted by molar-refractivity contribution is 7.99. The number of thioether (sulfide) groups is 1. The topological polar surface area (TPSA) is 81.8 Å². The molecule has 0 aliphatic rings. The van der Waals surface area contributed by atoms with Crippen LogP contribution in [0.2, 0.25) is 0 Å². The number of hydrogen-bond acceptors (Lipinski definition) is 6. The lowest BCUT2D eigenvalue weighted by molar-refractivity contribution is -0.150. The van der Waals surface area contributed by atoms with Crippen molar-refractivity contribution in [2.45, 2.75) is 30.1 Å². The molecule has 0 spiro atoms. The fraction of sp³-hybridized carbons (Fsp3) is 0.316. The minimum atomic E-state index is -1.32. The Hall–Kier alpha value is -2.18. The maximum Gasteiger partial charge on any atom is 0.336 e. The molecule has 6 heteroatoms. The van der Waals surface area contributed by atoms with E-state index in [1.54, 1.807) is 19.2 Å². The summed E-state index contributed by atoms with van der Waals surface area (Å²) in [7, 11) is 2.84. The molecule has 2 aromatic rings. The lowest BCUT2D eigenvalue weighted by Gasteiger charge is -2.22. The smallest absolute Gasteiger partial charge is 0.336 e. The molecular formula is C19H23NO4S. The monoisotopic (exact) mass is 361 g/mol. The first-order valence-electron chi connectivity index (χ1n) is 7.80. The lowest BCUT2D eigenvalue weighted by Crippen LogP contribution is -2.27. The van der Waals surface area contributed by atoms with Crippen LogP contribution in [0.3, 0.4) is 0 Å². The fourth-order valence-electron chi connectivity index (χ4n) is 2.40. The van der Waals surface area contributed by atoms with Crippen LogP contribution in [0.25, 0.3) is 0 Å². The Morgan fingerprint density at radius 2 is 1.72 bits per heavy atom. The fourth-order valence-corrected chi connectivity index (χ4v) is 3.65. The zero-order valence-corrected chi connectivity index (χ0v) is 15.6. The van der Waals surface area contributed by atoms with E-state index in [0.29, 0.717) is 11.4 Å². The summed E-state index contributed by atoms with van der Waals surface area (Å²) < 4.78 is 9.88. The second-order valence-electron chi connectivity index (χ2n) is 5.75. The summed E-state index contributed by atoms with van der Waals surface area (Å²) in [4.78, 5) is 12.7. The predicted octanol–water partition coefficient (Wildman–Crippen LogP) is 3.26. The van der Waals surface area contributed by atoms with Gasteiger partial charge in [-0.2, -0.15) is 0 Å². The van der Waals surface area contributed by atoms with Crippen molar-refractivity contribution < 1.29 is 19.4 Å². The summed E-state index contributed by atoms with van der Waals surface area (Å²) in [6.07, 6.45) is -1.32. The third-order valence-electron chi connectivity index (χ3n) is 4.05. The van der Waals surface area contributed by atoms with Crippen LogP contribution in [0.1, 0.15) is 21.9 Å². The van der Waals surface area contributed by atoms with E-state index in [1.807, 2.05) is 38.1 Å². The molecule has 5 nitrogen and oxygen atoms in total. The van der Waals surface area contributed by atoms with Crippen LogP contribution in [-0.4, -0.2) is 31.4 Å². The Morgan fingerprint density at radius 1 is 1.12 bits per heavy atom. The molecule has 0 radical (unpaired) electrons. The van der Waals surface area contributed by atoms with Gasteiger partial charge in [0.05, 0.1) is 19.5 Å². The zero-order valence-electron chi connectivity index (χ0n) is 14.8. The number of esters is 1. The SMILES string of the molecule is COC(=O)[C@@H](O)[C@H](Sc1cc(C)c(C)cc1N)c1ccc(OC)cc1. The summed E-state index contributed by atoms with van der Waals surface area (Å²) in [5, 5.41) is 9.91. The molecule has 2 atom stereocenters. The van der Waals surface area contributed by atoms with E-state index in [4.69, 9.17) is 15.2 Å². The summed E-state index contributed by atoms with van der Waals surface area (Å²) in [5.41, 5.74) is 9.71. The van der Waals surface area contributed by atoms with Crippen LogP contribution in [-0.2, 0) is 9.53 Å². The van der Waals surface area contributed by atoms with E-state index < -0.39 is 17.3 Å². The first kappa shape index (κ1) is 19.1. The maximum absolute atomic E-state index is 11.9. The van der Waals surface area contributed by atoms with E-state index in [0.717, 1.165) is 21.6 Å². The van der Waals surface area contributed by atoms with Crippen molar-refractivity contribution >= 4 is 23.4 Å². The quantitative estimate of drug-likeness (QED) is 0.467. The highest BCUT2D eigenvalue weighted by Gasteiger charge is 2.30. The van der Waals surface area contributed by atoms with Gasteiger partial charge >= 0.3 is 5.97 Å². The van der Waals surface area contributed by atoms with Gasteiger partial charge in [0.1, 0.15) is 5.75 Å². The van der Waals surface area contributed by atoms with Gasteiger partial charge in [-0.15, -0.1) is 11.8 Å². The minimum absolute atomic E-state index is 0.553. The number of methoxy groups -OCH3 is 2. The molecule has 3 N–H and O–H groups in total. The average Bonchev–Trinajstić information content (AvgIpc) is 2.62. The zero-order chi connectivity index (χ0) is 18.6. The largest absolute Gasteiger partial charge is 0.497 e. The van der Waals surface area contributed by atoms with Crippen LogP contribution in [0.5, 0.6) is 5.75 Å². The molecule has 0 unspecified atom stereocenters. The number of aliphatic hydroxyl groups is 1. The molecule has 0 aromatic heterocycles. The van der Waals surface area contributed by atoms with Crippen molar-refractivity contribution in [3.63, 3.8) is 0 Å². The predicted molar refractivity (Wildman–Crippen MR) is 99.9 cm³/mol. The van der Waals surface area contributed by atoms with Gasteiger partial charge in [-0.05, 0) is 54.8 Å². The number of carbonyl (C=O) groups excluding carboxylic acids is 1. The number of benzene rings is 2. The number of carbonyl (C=O) groups is 1.